The molecule has 1 N–H and O–H groups in total. The fourth-order valence-corrected chi connectivity index (χ4v) is 2.09. The summed E-state index contributed by atoms with van der Waals surface area (Å²) < 4.78 is 5.23. The lowest BCUT2D eigenvalue weighted by molar-refractivity contribution is 0.268. The quantitative estimate of drug-likeness (QED) is 0.809. The summed E-state index contributed by atoms with van der Waals surface area (Å²) in [5.74, 6) is 0.786. The minimum atomic E-state index is -0.526. The Morgan fingerprint density at radius 2 is 2.33 bits per heavy atom. The largest absolute Gasteiger partial charge is 0.496 e. The van der Waals surface area contributed by atoms with Crippen LogP contribution in [0.3, 0.4) is 0 Å². The van der Waals surface area contributed by atoms with Crippen molar-refractivity contribution in [1.29, 1.82) is 5.26 Å². The number of para-hydroxylation sites is 1. The second-order valence-corrected chi connectivity index (χ2v) is 3.87. The number of benzene rings is 1. The molecule has 0 amide bonds. The van der Waals surface area contributed by atoms with Crippen molar-refractivity contribution in [3.8, 4) is 11.8 Å². The van der Waals surface area contributed by atoms with Crippen molar-refractivity contribution >= 4 is 0 Å². The van der Waals surface area contributed by atoms with Crippen LogP contribution in [0.4, 0.5) is 0 Å². The molecule has 0 radical (unpaired) electrons. The Kier molecular flexibility index (Phi) is 2.37. The summed E-state index contributed by atoms with van der Waals surface area (Å²) >= 11 is 0. The van der Waals surface area contributed by atoms with Crippen LogP contribution in [-0.4, -0.2) is 18.8 Å². The molecule has 78 valence electrons. The number of nitrogens with zero attached hydrogens (tertiary/aromatic N) is 1. The van der Waals surface area contributed by atoms with Crippen LogP contribution in [-0.2, 0) is 5.41 Å². The number of hydrogen-bond donors (Lipinski definition) is 1. The van der Waals surface area contributed by atoms with Gasteiger partial charge in [0.15, 0.2) is 0 Å². The summed E-state index contributed by atoms with van der Waals surface area (Å²) in [6.45, 7) is 0.0611. The molecule has 0 spiro atoms. The smallest absolute Gasteiger partial charge is 0.123 e. The van der Waals surface area contributed by atoms with Crippen molar-refractivity contribution in [2.24, 2.45) is 5.92 Å². The van der Waals surface area contributed by atoms with Crippen LogP contribution >= 0.6 is 0 Å². The predicted molar refractivity (Wildman–Crippen MR) is 55.5 cm³/mol. The molecule has 1 aromatic rings. The van der Waals surface area contributed by atoms with Gasteiger partial charge in [-0.05, 0) is 12.5 Å². The summed E-state index contributed by atoms with van der Waals surface area (Å²) in [6.07, 6.45) is 0.723. The lowest BCUT2D eigenvalue weighted by Gasteiger charge is -2.12. The first-order valence-corrected chi connectivity index (χ1v) is 4.94. The molecule has 15 heavy (non-hydrogen) atoms. The van der Waals surface area contributed by atoms with Gasteiger partial charge in [-0.15, -0.1) is 0 Å². The molecule has 1 saturated carbocycles. The van der Waals surface area contributed by atoms with E-state index in [2.05, 4.69) is 6.07 Å². The molecule has 0 bridgehead atoms. The van der Waals surface area contributed by atoms with E-state index >= 15 is 0 Å². The number of aliphatic hydroxyl groups excluding tert-OH is 1. The number of nitriles is 1. The maximum Gasteiger partial charge on any atom is 0.123 e. The van der Waals surface area contributed by atoms with E-state index in [0.29, 0.717) is 0 Å². The Balaban J connectivity index is 2.42. The van der Waals surface area contributed by atoms with Crippen LogP contribution in [0.5, 0.6) is 5.75 Å². The average molecular weight is 203 g/mol. The van der Waals surface area contributed by atoms with Crippen LogP contribution < -0.4 is 4.74 Å². The van der Waals surface area contributed by atoms with Crippen molar-refractivity contribution < 1.29 is 9.84 Å². The summed E-state index contributed by atoms with van der Waals surface area (Å²) in [7, 11) is 1.60. The average Bonchev–Trinajstić information content (AvgIpc) is 3.04. The fourth-order valence-electron chi connectivity index (χ4n) is 2.09. The summed E-state index contributed by atoms with van der Waals surface area (Å²) in [4.78, 5) is 0. The first kappa shape index (κ1) is 10.0. The second kappa shape index (κ2) is 3.56. The van der Waals surface area contributed by atoms with Gasteiger partial charge >= 0.3 is 0 Å². The van der Waals surface area contributed by atoms with E-state index in [1.165, 1.54) is 0 Å². The SMILES string of the molecule is COc1ccccc1C1(C#N)CC1CO. The van der Waals surface area contributed by atoms with Gasteiger partial charge in [-0.1, -0.05) is 18.2 Å². The molecule has 3 nitrogen and oxygen atoms in total. The molecule has 0 saturated heterocycles. The van der Waals surface area contributed by atoms with Crippen LogP contribution in [0.25, 0.3) is 0 Å². The predicted octanol–water partition coefficient (Wildman–Crippen LogP) is 1.47. The van der Waals surface area contributed by atoms with Crippen LogP contribution in [0.15, 0.2) is 24.3 Å². The molecule has 2 atom stereocenters. The zero-order valence-electron chi connectivity index (χ0n) is 8.60. The Morgan fingerprint density at radius 3 is 2.87 bits per heavy atom. The molecule has 2 unspecified atom stereocenters. The molecular weight excluding hydrogens is 190 g/mol. The normalized spacial score (nSPS) is 28.2. The lowest BCUT2D eigenvalue weighted by Crippen LogP contribution is -2.10. The van der Waals surface area contributed by atoms with Gasteiger partial charge in [0.1, 0.15) is 5.75 Å². The number of methoxy groups -OCH3 is 1. The van der Waals surface area contributed by atoms with Gasteiger partial charge in [0, 0.05) is 18.1 Å². The van der Waals surface area contributed by atoms with E-state index in [4.69, 9.17) is 9.84 Å². The van der Waals surface area contributed by atoms with E-state index < -0.39 is 5.41 Å². The molecule has 1 aliphatic carbocycles. The highest BCUT2D eigenvalue weighted by molar-refractivity contribution is 5.49. The van der Waals surface area contributed by atoms with E-state index in [-0.39, 0.29) is 12.5 Å². The first-order valence-electron chi connectivity index (χ1n) is 4.94. The highest BCUT2D eigenvalue weighted by atomic mass is 16.5. The van der Waals surface area contributed by atoms with Crippen LogP contribution in [0, 0.1) is 17.2 Å². The molecule has 1 aliphatic rings. The number of rotatable bonds is 3. The van der Waals surface area contributed by atoms with Gasteiger partial charge in [-0.2, -0.15) is 5.26 Å². The molecule has 0 aliphatic heterocycles. The third kappa shape index (κ3) is 1.38. The van der Waals surface area contributed by atoms with E-state index in [1.807, 2.05) is 24.3 Å². The third-order valence-electron chi connectivity index (χ3n) is 3.11. The van der Waals surface area contributed by atoms with Gasteiger partial charge in [0.05, 0.1) is 18.6 Å². The minimum absolute atomic E-state index is 0.0544. The van der Waals surface area contributed by atoms with E-state index in [0.717, 1.165) is 17.7 Å². The Labute approximate surface area is 88.9 Å². The maximum atomic E-state index is 9.21. The molecule has 1 fully saturated rings. The highest BCUT2D eigenvalue weighted by Crippen LogP contribution is 2.55. The third-order valence-corrected chi connectivity index (χ3v) is 3.11. The minimum Gasteiger partial charge on any atom is -0.496 e. The van der Waals surface area contributed by atoms with Crippen molar-refractivity contribution in [1.82, 2.24) is 0 Å². The van der Waals surface area contributed by atoms with E-state index in [9.17, 15) is 5.26 Å². The van der Waals surface area contributed by atoms with Gasteiger partial charge < -0.3 is 9.84 Å². The standard InChI is InChI=1S/C12H13NO2/c1-15-11-5-3-2-4-10(11)12(8-13)6-9(12)7-14/h2-5,9,14H,6-7H2,1H3. The topological polar surface area (TPSA) is 53.2 Å². The van der Waals surface area contributed by atoms with Crippen molar-refractivity contribution in [3.05, 3.63) is 29.8 Å². The zero-order valence-corrected chi connectivity index (χ0v) is 8.60. The highest BCUT2D eigenvalue weighted by Gasteiger charge is 2.57. The fraction of sp³-hybridized carbons (Fsp3) is 0.417. The van der Waals surface area contributed by atoms with Crippen LogP contribution in [0.1, 0.15) is 12.0 Å². The Bertz CT molecular complexity index is 410. The number of hydrogen-bond acceptors (Lipinski definition) is 3. The van der Waals surface area contributed by atoms with Crippen molar-refractivity contribution in [3.63, 3.8) is 0 Å². The van der Waals surface area contributed by atoms with Gasteiger partial charge in [0.2, 0.25) is 0 Å². The van der Waals surface area contributed by atoms with Gasteiger partial charge in [-0.3, -0.25) is 0 Å². The number of aliphatic hydroxyl groups is 1. The second-order valence-electron chi connectivity index (χ2n) is 3.87. The summed E-state index contributed by atoms with van der Waals surface area (Å²) in [6, 6.07) is 9.82. The Morgan fingerprint density at radius 1 is 1.60 bits per heavy atom. The number of ether oxygens (including phenoxy) is 1. The zero-order chi connectivity index (χ0) is 10.9. The summed E-state index contributed by atoms with van der Waals surface area (Å²) in [5, 5.41) is 18.3. The van der Waals surface area contributed by atoms with Gasteiger partial charge in [-0.25, -0.2) is 0 Å². The molecule has 0 heterocycles. The molecule has 2 rings (SSSR count). The summed E-state index contributed by atoms with van der Waals surface area (Å²) in [5.41, 5.74) is 0.371. The Hall–Kier alpha value is -1.53. The maximum absolute atomic E-state index is 9.21. The van der Waals surface area contributed by atoms with Crippen LogP contribution in [0.2, 0.25) is 0 Å². The van der Waals surface area contributed by atoms with Crippen molar-refractivity contribution in [2.45, 2.75) is 11.8 Å². The molecule has 1 aromatic carbocycles. The van der Waals surface area contributed by atoms with E-state index in [1.54, 1.807) is 7.11 Å². The van der Waals surface area contributed by atoms with Gasteiger partial charge in [0.25, 0.3) is 0 Å². The molecule has 3 heteroatoms. The van der Waals surface area contributed by atoms with Crippen molar-refractivity contribution in [2.75, 3.05) is 13.7 Å². The molecule has 0 aromatic heterocycles. The molecular formula is C12H13NO2. The lowest BCUT2D eigenvalue weighted by atomic mass is 9.94. The monoisotopic (exact) mass is 203 g/mol. The first-order chi connectivity index (χ1) is 7.28.